The van der Waals surface area contributed by atoms with Crippen LogP contribution in [0.5, 0.6) is 0 Å². The number of hydrogen-bond acceptors (Lipinski definition) is 4. The molecule has 1 atom stereocenters. The molecule has 0 saturated carbocycles. The third-order valence-corrected chi connectivity index (χ3v) is 4.31. The molecule has 21 heavy (non-hydrogen) atoms. The molecule has 0 aromatic heterocycles. The molecule has 0 aliphatic carbocycles. The van der Waals surface area contributed by atoms with Crippen molar-refractivity contribution in [2.75, 3.05) is 33.8 Å². The van der Waals surface area contributed by atoms with Crippen molar-refractivity contribution in [3.8, 4) is 0 Å². The van der Waals surface area contributed by atoms with Crippen LogP contribution in [-0.2, 0) is 14.3 Å². The second-order valence-electron chi connectivity index (χ2n) is 5.82. The van der Waals surface area contributed by atoms with Gasteiger partial charge >= 0.3 is 18.0 Å². The van der Waals surface area contributed by atoms with Crippen LogP contribution < -0.4 is 0 Å². The molecule has 0 bridgehead atoms. The maximum atomic E-state index is 12.3. The highest BCUT2D eigenvalue weighted by Crippen LogP contribution is 2.38. The zero-order chi connectivity index (χ0) is 16.2. The minimum atomic E-state index is -0.876. The fourth-order valence-electron chi connectivity index (χ4n) is 2.59. The molecule has 0 aromatic rings. The zero-order valence-electron chi connectivity index (χ0n) is 13.1. The number of ether oxygens (including phenoxy) is 1. The van der Waals surface area contributed by atoms with Crippen molar-refractivity contribution in [3.05, 3.63) is 0 Å². The molecule has 1 heterocycles. The van der Waals surface area contributed by atoms with Gasteiger partial charge < -0.3 is 19.6 Å². The van der Waals surface area contributed by atoms with E-state index in [0.717, 1.165) is 0 Å². The molecule has 1 aliphatic rings. The van der Waals surface area contributed by atoms with Crippen LogP contribution in [0.25, 0.3) is 0 Å². The Hall–Kier alpha value is -1.79. The first-order valence-corrected chi connectivity index (χ1v) is 7.05. The van der Waals surface area contributed by atoms with E-state index in [1.807, 2.05) is 13.8 Å². The molecule has 1 aliphatic heterocycles. The lowest BCUT2D eigenvalue weighted by Gasteiger charge is -2.30. The number of amides is 2. The van der Waals surface area contributed by atoms with Crippen molar-refractivity contribution in [2.45, 2.75) is 26.7 Å². The quantitative estimate of drug-likeness (QED) is 0.766. The van der Waals surface area contributed by atoms with Gasteiger partial charge in [-0.3, -0.25) is 9.59 Å². The number of esters is 1. The predicted molar refractivity (Wildman–Crippen MR) is 75.8 cm³/mol. The lowest BCUT2D eigenvalue weighted by molar-refractivity contribution is -0.150. The highest BCUT2D eigenvalue weighted by atomic mass is 16.5. The number of carbonyl (C=O) groups is 3. The molecule has 1 N–H and O–H groups in total. The number of urea groups is 1. The van der Waals surface area contributed by atoms with Gasteiger partial charge in [0.1, 0.15) is 0 Å². The second-order valence-corrected chi connectivity index (χ2v) is 5.82. The number of rotatable bonds is 5. The summed E-state index contributed by atoms with van der Waals surface area (Å²) in [4.78, 5) is 37.9. The highest BCUT2D eigenvalue weighted by Gasteiger charge is 2.48. The summed E-state index contributed by atoms with van der Waals surface area (Å²) in [6.07, 6.45) is 0.581. The maximum Gasteiger partial charge on any atom is 0.319 e. The summed E-state index contributed by atoms with van der Waals surface area (Å²) in [6, 6.07) is -0.248. The fourth-order valence-corrected chi connectivity index (χ4v) is 2.59. The number of hydrogen-bond donors (Lipinski definition) is 1. The molecule has 1 fully saturated rings. The van der Waals surface area contributed by atoms with Crippen molar-refractivity contribution in [2.24, 2.45) is 11.3 Å². The van der Waals surface area contributed by atoms with Gasteiger partial charge in [0.25, 0.3) is 0 Å². The van der Waals surface area contributed by atoms with Gasteiger partial charge in [-0.2, -0.15) is 0 Å². The summed E-state index contributed by atoms with van der Waals surface area (Å²) < 4.78 is 4.53. The Kier molecular flexibility index (Phi) is 5.57. The summed E-state index contributed by atoms with van der Waals surface area (Å²) in [7, 11) is 2.90. The zero-order valence-corrected chi connectivity index (χ0v) is 13.1. The monoisotopic (exact) mass is 300 g/mol. The van der Waals surface area contributed by atoms with Gasteiger partial charge in [0, 0.05) is 26.7 Å². The van der Waals surface area contributed by atoms with E-state index >= 15 is 0 Å². The Morgan fingerprint density at radius 2 is 2.00 bits per heavy atom. The van der Waals surface area contributed by atoms with E-state index in [9.17, 15) is 19.5 Å². The Bertz CT molecular complexity index is 424. The van der Waals surface area contributed by atoms with Crippen molar-refractivity contribution in [1.82, 2.24) is 9.80 Å². The summed E-state index contributed by atoms with van der Waals surface area (Å²) in [5, 5.41) is 9.47. The van der Waals surface area contributed by atoms with Gasteiger partial charge in [0.15, 0.2) is 0 Å². The van der Waals surface area contributed by atoms with Gasteiger partial charge in [-0.15, -0.1) is 0 Å². The molecular weight excluding hydrogens is 276 g/mol. The first-order chi connectivity index (χ1) is 9.74. The fraction of sp³-hybridized carbons (Fsp3) is 0.786. The van der Waals surface area contributed by atoms with Crippen LogP contribution in [0.3, 0.4) is 0 Å². The lowest BCUT2D eigenvalue weighted by atomic mass is 9.76. The molecule has 7 nitrogen and oxygen atoms in total. The summed E-state index contributed by atoms with van der Waals surface area (Å²) >= 11 is 0. The Labute approximate surface area is 124 Å². The van der Waals surface area contributed by atoms with E-state index in [2.05, 4.69) is 4.74 Å². The average molecular weight is 300 g/mol. The number of methoxy groups -OCH3 is 1. The number of carbonyl (C=O) groups excluding carboxylic acids is 2. The lowest BCUT2D eigenvalue weighted by Crippen LogP contribution is -2.44. The van der Waals surface area contributed by atoms with Crippen LogP contribution in [0, 0.1) is 11.3 Å². The molecular formula is C14H24N2O5. The van der Waals surface area contributed by atoms with Gasteiger partial charge in [0.05, 0.1) is 18.9 Å². The highest BCUT2D eigenvalue weighted by molar-refractivity contribution is 5.80. The minimum absolute atomic E-state index is 0.0480. The standard InChI is InChI=1S/C14H24N2O5/c1-10(2)14(12(18)19)6-8-16(9-14)13(20)15(3)7-5-11(17)21-4/h10H,5-9H2,1-4H3,(H,18,19). The number of likely N-dealkylation sites (tertiary alicyclic amines) is 1. The molecule has 0 aromatic carbocycles. The summed E-state index contributed by atoms with van der Waals surface area (Å²) in [5.74, 6) is -1.28. The van der Waals surface area contributed by atoms with Crippen molar-refractivity contribution < 1.29 is 24.2 Å². The Morgan fingerprint density at radius 3 is 2.43 bits per heavy atom. The first kappa shape index (κ1) is 17.3. The molecule has 7 heteroatoms. The van der Waals surface area contributed by atoms with Crippen molar-refractivity contribution in [3.63, 3.8) is 0 Å². The van der Waals surface area contributed by atoms with Crippen molar-refractivity contribution in [1.29, 1.82) is 0 Å². The van der Waals surface area contributed by atoms with E-state index in [1.54, 1.807) is 11.9 Å². The number of carboxylic acids is 1. The molecule has 0 radical (unpaired) electrons. The van der Waals surface area contributed by atoms with E-state index < -0.39 is 11.4 Å². The molecule has 1 saturated heterocycles. The maximum absolute atomic E-state index is 12.3. The SMILES string of the molecule is COC(=O)CCN(C)C(=O)N1CCC(C(=O)O)(C(C)C)C1. The second kappa shape index (κ2) is 6.78. The van der Waals surface area contributed by atoms with E-state index in [4.69, 9.17) is 0 Å². The van der Waals surface area contributed by atoms with E-state index in [-0.39, 0.29) is 37.4 Å². The molecule has 1 unspecified atom stereocenters. The largest absolute Gasteiger partial charge is 0.481 e. The van der Waals surface area contributed by atoms with E-state index in [1.165, 1.54) is 12.0 Å². The smallest absolute Gasteiger partial charge is 0.319 e. The minimum Gasteiger partial charge on any atom is -0.481 e. The van der Waals surface area contributed by atoms with Crippen LogP contribution >= 0.6 is 0 Å². The van der Waals surface area contributed by atoms with Gasteiger partial charge in [-0.1, -0.05) is 13.8 Å². The molecule has 0 spiro atoms. The van der Waals surface area contributed by atoms with Gasteiger partial charge in [-0.05, 0) is 12.3 Å². The van der Waals surface area contributed by atoms with Crippen LogP contribution in [0.15, 0.2) is 0 Å². The first-order valence-electron chi connectivity index (χ1n) is 7.05. The number of nitrogens with zero attached hydrogens (tertiary/aromatic N) is 2. The van der Waals surface area contributed by atoms with Crippen LogP contribution in [0.2, 0.25) is 0 Å². The van der Waals surface area contributed by atoms with Crippen LogP contribution in [-0.4, -0.2) is 66.7 Å². The third kappa shape index (κ3) is 3.65. The van der Waals surface area contributed by atoms with Gasteiger partial charge in [0.2, 0.25) is 0 Å². The number of carboxylic acid groups (broad SMARTS) is 1. The predicted octanol–water partition coefficient (Wildman–Crippen LogP) is 1.03. The Balaban J connectivity index is 2.65. The summed E-state index contributed by atoms with van der Waals surface area (Å²) in [6.45, 7) is 4.61. The molecule has 120 valence electrons. The van der Waals surface area contributed by atoms with Crippen LogP contribution in [0.4, 0.5) is 4.79 Å². The average Bonchev–Trinajstić information content (AvgIpc) is 2.90. The van der Waals surface area contributed by atoms with Gasteiger partial charge in [-0.25, -0.2) is 4.79 Å². The van der Waals surface area contributed by atoms with E-state index in [0.29, 0.717) is 13.0 Å². The normalized spacial score (nSPS) is 21.5. The topological polar surface area (TPSA) is 87.2 Å². The van der Waals surface area contributed by atoms with Crippen LogP contribution in [0.1, 0.15) is 26.7 Å². The van der Waals surface area contributed by atoms with Crippen molar-refractivity contribution >= 4 is 18.0 Å². The molecule has 1 rings (SSSR count). The number of aliphatic carboxylic acids is 1. The Morgan fingerprint density at radius 1 is 1.38 bits per heavy atom. The summed E-state index contributed by atoms with van der Waals surface area (Å²) in [5.41, 5.74) is -0.876. The third-order valence-electron chi connectivity index (χ3n) is 4.31. The molecule has 2 amide bonds.